The minimum atomic E-state index is -0.428. The van der Waals surface area contributed by atoms with Crippen LogP contribution in [0, 0.1) is 11.7 Å². The van der Waals surface area contributed by atoms with Gasteiger partial charge in [0, 0.05) is 50.4 Å². The van der Waals surface area contributed by atoms with Crippen molar-refractivity contribution in [2.75, 3.05) is 40.3 Å². The number of hydrogen-bond acceptors (Lipinski definition) is 5. The molecular formula is C21H27FN4O2. The summed E-state index contributed by atoms with van der Waals surface area (Å²) in [6, 6.07) is 6.64. The predicted octanol–water partition coefficient (Wildman–Crippen LogP) is 2.22. The van der Waals surface area contributed by atoms with Crippen molar-refractivity contribution in [3.05, 3.63) is 46.0 Å². The van der Waals surface area contributed by atoms with Crippen molar-refractivity contribution in [2.45, 2.75) is 25.9 Å². The second kappa shape index (κ2) is 8.01. The number of methoxy groups -OCH3 is 1. The lowest BCUT2D eigenvalue weighted by atomic mass is 10.1. The third-order valence-corrected chi connectivity index (χ3v) is 5.61. The molecule has 0 atom stereocenters. The molecule has 0 spiro atoms. The first kappa shape index (κ1) is 19.1. The molecule has 4 rings (SSSR count). The van der Waals surface area contributed by atoms with E-state index < -0.39 is 5.82 Å². The Balaban J connectivity index is 1.67. The first-order chi connectivity index (χ1) is 13.5. The average molecular weight is 386 g/mol. The van der Waals surface area contributed by atoms with Gasteiger partial charge in [0.25, 0.3) is 5.56 Å². The van der Waals surface area contributed by atoms with Gasteiger partial charge in [0.15, 0.2) is 11.6 Å². The van der Waals surface area contributed by atoms with E-state index >= 15 is 0 Å². The molecule has 2 aliphatic rings. The van der Waals surface area contributed by atoms with Gasteiger partial charge in [-0.15, -0.1) is 0 Å². The van der Waals surface area contributed by atoms with Gasteiger partial charge in [-0.3, -0.25) is 9.69 Å². The van der Waals surface area contributed by atoms with Crippen molar-refractivity contribution in [1.82, 2.24) is 19.6 Å². The van der Waals surface area contributed by atoms with Crippen LogP contribution >= 0.6 is 0 Å². The SMILES string of the molecule is COc1ccc(-c2cc(CN3CCN(C)CC3)c(=O)n(CC3CC3)n2)cc1F. The average Bonchev–Trinajstić information content (AvgIpc) is 3.50. The molecular weight excluding hydrogens is 359 g/mol. The van der Waals surface area contributed by atoms with E-state index in [0.717, 1.165) is 44.6 Å². The third-order valence-electron chi connectivity index (χ3n) is 5.61. The van der Waals surface area contributed by atoms with E-state index in [1.807, 2.05) is 6.07 Å². The van der Waals surface area contributed by atoms with Crippen molar-refractivity contribution < 1.29 is 9.13 Å². The Morgan fingerprint density at radius 1 is 1.18 bits per heavy atom. The number of ether oxygens (including phenoxy) is 1. The van der Waals surface area contributed by atoms with E-state index in [9.17, 15) is 9.18 Å². The largest absolute Gasteiger partial charge is 0.494 e. The van der Waals surface area contributed by atoms with Gasteiger partial charge in [-0.25, -0.2) is 9.07 Å². The second-order valence-corrected chi connectivity index (χ2v) is 7.91. The molecule has 6 nitrogen and oxygen atoms in total. The van der Waals surface area contributed by atoms with Crippen LogP contribution in [0.15, 0.2) is 29.1 Å². The molecule has 1 aromatic heterocycles. The van der Waals surface area contributed by atoms with E-state index in [-0.39, 0.29) is 11.3 Å². The molecule has 0 N–H and O–H groups in total. The summed E-state index contributed by atoms with van der Waals surface area (Å²) in [6.45, 7) is 5.11. The standard InChI is InChI=1S/C21H27FN4O2/c1-24-7-9-25(10-8-24)14-17-12-19(16-5-6-20(28-2)18(22)11-16)23-26(21(17)27)13-15-3-4-15/h5-6,11-12,15H,3-4,7-10,13-14H2,1-2H3. The van der Waals surface area contributed by atoms with Crippen LogP contribution in [0.3, 0.4) is 0 Å². The second-order valence-electron chi connectivity index (χ2n) is 7.91. The highest BCUT2D eigenvalue weighted by Gasteiger charge is 2.24. The summed E-state index contributed by atoms with van der Waals surface area (Å²) < 4.78 is 20.8. The summed E-state index contributed by atoms with van der Waals surface area (Å²) in [4.78, 5) is 17.6. The van der Waals surface area contributed by atoms with Crippen LogP contribution < -0.4 is 10.3 Å². The van der Waals surface area contributed by atoms with Gasteiger partial charge in [-0.2, -0.15) is 5.10 Å². The molecule has 1 aliphatic carbocycles. The molecule has 0 unspecified atom stereocenters. The molecule has 0 amide bonds. The topological polar surface area (TPSA) is 50.6 Å². The number of benzene rings is 1. The van der Waals surface area contributed by atoms with Gasteiger partial charge >= 0.3 is 0 Å². The number of hydrogen-bond donors (Lipinski definition) is 0. The molecule has 1 saturated heterocycles. The predicted molar refractivity (Wildman–Crippen MR) is 106 cm³/mol. The highest BCUT2D eigenvalue weighted by molar-refractivity contribution is 5.60. The van der Waals surface area contributed by atoms with Gasteiger partial charge < -0.3 is 9.64 Å². The van der Waals surface area contributed by atoms with Crippen LogP contribution in [0.5, 0.6) is 5.75 Å². The quantitative estimate of drug-likeness (QED) is 0.762. The molecule has 0 radical (unpaired) electrons. The summed E-state index contributed by atoms with van der Waals surface area (Å²) >= 11 is 0. The van der Waals surface area contributed by atoms with Crippen LogP contribution in [0.25, 0.3) is 11.3 Å². The van der Waals surface area contributed by atoms with Gasteiger partial charge in [-0.1, -0.05) is 0 Å². The van der Waals surface area contributed by atoms with E-state index in [0.29, 0.717) is 30.3 Å². The highest BCUT2D eigenvalue weighted by Crippen LogP contribution is 2.30. The molecule has 150 valence electrons. The minimum absolute atomic E-state index is 0.0245. The molecule has 2 heterocycles. The lowest BCUT2D eigenvalue weighted by Crippen LogP contribution is -2.45. The molecule has 1 saturated carbocycles. The maximum Gasteiger partial charge on any atom is 0.271 e. The van der Waals surface area contributed by atoms with E-state index in [4.69, 9.17) is 4.74 Å². The molecule has 28 heavy (non-hydrogen) atoms. The summed E-state index contributed by atoms with van der Waals surface area (Å²) in [7, 11) is 3.56. The first-order valence-electron chi connectivity index (χ1n) is 9.89. The van der Waals surface area contributed by atoms with E-state index in [1.54, 1.807) is 16.8 Å². The first-order valence-corrected chi connectivity index (χ1v) is 9.89. The molecule has 1 aliphatic heterocycles. The van der Waals surface area contributed by atoms with Crippen LogP contribution in [0.2, 0.25) is 0 Å². The summed E-state index contributed by atoms with van der Waals surface area (Å²) in [6.07, 6.45) is 2.28. The summed E-state index contributed by atoms with van der Waals surface area (Å²) in [5.74, 6) is 0.305. The Morgan fingerprint density at radius 3 is 2.57 bits per heavy atom. The Hall–Kier alpha value is -2.25. The van der Waals surface area contributed by atoms with Crippen molar-refractivity contribution >= 4 is 0 Å². The number of rotatable bonds is 6. The molecule has 2 aromatic rings. The van der Waals surface area contributed by atoms with Gasteiger partial charge in [0.05, 0.1) is 12.8 Å². The Bertz CT molecular complexity index is 902. The Morgan fingerprint density at radius 2 is 1.93 bits per heavy atom. The van der Waals surface area contributed by atoms with Crippen LogP contribution in [-0.2, 0) is 13.1 Å². The number of nitrogens with zero attached hydrogens (tertiary/aromatic N) is 4. The fourth-order valence-electron chi connectivity index (χ4n) is 3.59. The zero-order valence-corrected chi connectivity index (χ0v) is 16.5. The normalized spacial score (nSPS) is 18.4. The monoisotopic (exact) mass is 386 g/mol. The summed E-state index contributed by atoms with van der Waals surface area (Å²) in [5, 5.41) is 4.56. The van der Waals surface area contributed by atoms with Crippen molar-refractivity contribution in [2.24, 2.45) is 5.92 Å². The minimum Gasteiger partial charge on any atom is -0.494 e. The maximum absolute atomic E-state index is 14.2. The smallest absolute Gasteiger partial charge is 0.271 e. The van der Waals surface area contributed by atoms with Crippen LogP contribution in [0.4, 0.5) is 4.39 Å². The Labute approximate surface area is 164 Å². The fourth-order valence-corrected chi connectivity index (χ4v) is 3.59. The lowest BCUT2D eigenvalue weighted by molar-refractivity contribution is 0.147. The van der Waals surface area contributed by atoms with Crippen LogP contribution in [-0.4, -0.2) is 59.9 Å². The molecule has 0 bridgehead atoms. The molecule has 2 fully saturated rings. The maximum atomic E-state index is 14.2. The van der Waals surface area contributed by atoms with E-state index in [1.165, 1.54) is 13.2 Å². The van der Waals surface area contributed by atoms with Gasteiger partial charge in [-0.05, 0) is 50.1 Å². The number of aromatic nitrogens is 2. The number of piperazine rings is 1. The van der Waals surface area contributed by atoms with Gasteiger partial charge in [0.1, 0.15) is 0 Å². The van der Waals surface area contributed by atoms with Crippen LogP contribution in [0.1, 0.15) is 18.4 Å². The van der Waals surface area contributed by atoms with Crippen molar-refractivity contribution in [3.63, 3.8) is 0 Å². The molecule has 1 aromatic carbocycles. The van der Waals surface area contributed by atoms with Crippen molar-refractivity contribution in [1.29, 1.82) is 0 Å². The summed E-state index contributed by atoms with van der Waals surface area (Å²) in [5.41, 5.74) is 1.99. The number of likely N-dealkylation sites (N-methyl/N-ethyl adjacent to an activating group) is 1. The fraction of sp³-hybridized carbons (Fsp3) is 0.524. The lowest BCUT2D eigenvalue weighted by Gasteiger charge is -2.32. The molecule has 7 heteroatoms. The Kier molecular flexibility index (Phi) is 5.46. The van der Waals surface area contributed by atoms with E-state index in [2.05, 4.69) is 21.9 Å². The van der Waals surface area contributed by atoms with Gasteiger partial charge in [0.2, 0.25) is 0 Å². The zero-order valence-electron chi connectivity index (χ0n) is 16.5. The van der Waals surface area contributed by atoms with Crippen molar-refractivity contribution in [3.8, 4) is 17.0 Å². The zero-order chi connectivity index (χ0) is 19.7. The third kappa shape index (κ3) is 4.25. The number of halogens is 1. The highest BCUT2D eigenvalue weighted by atomic mass is 19.1.